The first kappa shape index (κ1) is 23.0. The summed E-state index contributed by atoms with van der Waals surface area (Å²) >= 11 is 5.81. The van der Waals surface area contributed by atoms with Crippen molar-refractivity contribution < 1.29 is 22.7 Å². The second-order valence-corrected chi connectivity index (χ2v) is 8.66. The Morgan fingerprint density at radius 2 is 2.16 bits per heavy atom. The van der Waals surface area contributed by atoms with Crippen molar-refractivity contribution in [1.29, 1.82) is 0 Å². The Balaban J connectivity index is 1.74. The molecule has 31 heavy (non-hydrogen) atoms. The van der Waals surface area contributed by atoms with Crippen LogP contribution < -0.4 is 20.9 Å². The number of rotatable bonds is 8. The minimum Gasteiger partial charge on any atom is -0.413 e. The van der Waals surface area contributed by atoms with E-state index in [1.54, 1.807) is 12.1 Å². The van der Waals surface area contributed by atoms with Gasteiger partial charge in [0, 0.05) is 16.4 Å². The Morgan fingerprint density at radius 3 is 2.81 bits per heavy atom. The van der Waals surface area contributed by atoms with Crippen molar-refractivity contribution >= 4 is 19.3 Å². The molecule has 1 saturated heterocycles. The summed E-state index contributed by atoms with van der Waals surface area (Å²) in [4.78, 5) is 27.8. The fourth-order valence-electron chi connectivity index (χ4n) is 2.84. The molecule has 0 aliphatic carbocycles. The molecule has 2 unspecified atom stereocenters. The maximum Gasteiger partial charge on any atom is 0.458 e. The number of nitrogens with zero attached hydrogens (tertiary/aromatic N) is 4. The van der Waals surface area contributed by atoms with E-state index in [2.05, 4.69) is 15.1 Å². The van der Waals surface area contributed by atoms with E-state index in [1.807, 2.05) is 4.98 Å². The first-order chi connectivity index (χ1) is 14.7. The van der Waals surface area contributed by atoms with Gasteiger partial charge in [-0.2, -0.15) is 4.39 Å². The van der Waals surface area contributed by atoms with Crippen molar-refractivity contribution in [3.63, 3.8) is 0 Å². The highest BCUT2D eigenvalue weighted by Gasteiger charge is 2.38. The van der Waals surface area contributed by atoms with Gasteiger partial charge in [-0.3, -0.25) is 18.9 Å². The lowest BCUT2D eigenvalue weighted by molar-refractivity contribution is -0.0243. The first-order valence-electron chi connectivity index (χ1n) is 8.84. The zero-order chi connectivity index (χ0) is 22.6. The van der Waals surface area contributed by atoms with Crippen LogP contribution in [0.25, 0.3) is 10.4 Å². The molecule has 1 aliphatic rings. The SMILES string of the molecule is CNP(=O)(OC[C@H]1O[C@@H](n2cc(F)c(=O)[nH]c2=O)CC1N=[N+]=[N-])Oc1ccc(Cl)cc1. The van der Waals surface area contributed by atoms with Crippen LogP contribution in [0.3, 0.4) is 0 Å². The minimum atomic E-state index is -3.83. The lowest BCUT2D eigenvalue weighted by Gasteiger charge is -2.21. The monoisotopic (exact) mass is 474 g/mol. The van der Waals surface area contributed by atoms with E-state index in [0.29, 0.717) is 11.2 Å². The van der Waals surface area contributed by atoms with Crippen LogP contribution >= 0.6 is 19.3 Å². The number of azide groups is 1. The molecule has 0 radical (unpaired) electrons. The van der Waals surface area contributed by atoms with Gasteiger partial charge in [0.2, 0.25) is 5.82 Å². The number of hydrogen-bond acceptors (Lipinski definition) is 7. The number of aromatic nitrogens is 2. The molecule has 1 aromatic carbocycles. The van der Waals surface area contributed by atoms with Crippen molar-refractivity contribution in [3.05, 3.63) is 72.6 Å². The molecule has 0 amide bonds. The minimum absolute atomic E-state index is 0.00856. The molecule has 3 rings (SSSR count). The largest absolute Gasteiger partial charge is 0.458 e. The van der Waals surface area contributed by atoms with E-state index in [4.69, 9.17) is 30.9 Å². The van der Waals surface area contributed by atoms with Crippen LogP contribution in [0.1, 0.15) is 12.6 Å². The van der Waals surface area contributed by atoms with Gasteiger partial charge < -0.3 is 9.26 Å². The molecule has 0 bridgehead atoms. The Bertz CT molecular complexity index is 1150. The van der Waals surface area contributed by atoms with E-state index in [9.17, 15) is 18.5 Å². The molecule has 12 nitrogen and oxygen atoms in total. The van der Waals surface area contributed by atoms with E-state index >= 15 is 0 Å². The lowest BCUT2D eigenvalue weighted by Crippen LogP contribution is -2.34. The number of halogens is 2. The molecule has 1 aromatic heterocycles. The average molecular weight is 475 g/mol. The lowest BCUT2D eigenvalue weighted by atomic mass is 10.1. The molecule has 1 fully saturated rings. The highest BCUT2D eigenvalue weighted by atomic mass is 35.5. The van der Waals surface area contributed by atoms with Crippen molar-refractivity contribution in [2.75, 3.05) is 13.7 Å². The predicted molar refractivity (Wildman–Crippen MR) is 107 cm³/mol. The molecular weight excluding hydrogens is 458 g/mol. The maximum absolute atomic E-state index is 13.6. The number of aromatic amines is 1. The fraction of sp³-hybridized carbons (Fsp3) is 0.375. The van der Waals surface area contributed by atoms with Crippen LogP contribution in [-0.4, -0.2) is 35.4 Å². The topological polar surface area (TPSA) is 160 Å². The van der Waals surface area contributed by atoms with Gasteiger partial charge in [0.15, 0.2) is 0 Å². The van der Waals surface area contributed by atoms with Gasteiger partial charge in [-0.05, 0) is 36.8 Å². The van der Waals surface area contributed by atoms with Crippen LogP contribution in [0, 0.1) is 5.82 Å². The number of hydrogen-bond donors (Lipinski definition) is 2. The third-order valence-corrected chi connectivity index (χ3v) is 6.10. The molecule has 166 valence electrons. The Kier molecular flexibility index (Phi) is 7.16. The van der Waals surface area contributed by atoms with Gasteiger partial charge in [-0.15, -0.1) is 0 Å². The first-order valence-corrected chi connectivity index (χ1v) is 10.8. The second-order valence-electron chi connectivity index (χ2n) is 6.34. The quantitative estimate of drug-likeness (QED) is 0.257. The third kappa shape index (κ3) is 5.53. The van der Waals surface area contributed by atoms with Crippen LogP contribution in [0.2, 0.25) is 5.02 Å². The normalized spacial score (nSPS) is 22.5. The molecular formula is C16H17ClFN6O6P. The molecule has 1 aliphatic heterocycles. The summed E-state index contributed by atoms with van der Waals surface area (Å²) in [7, 11) is -2.47. The number of ether oxygens (including phenoxy) is 1. The number of H-pyrrole nitrogens is 1. The molecule has 0 spiro atoms. The standard InChI is InChI=1S/C16H17ClFN6O6P/c1-20-31(27,30-10-4-2-9(17)3-5-10)28-8-13-12(22-23-19)6-14(29-13)24-7-11(18)15(25)21-16(24)26/h2-5,7,12-14H,6,8H2,1H3,(H,20,27)(H,21,25,26)/t12?,13-,14-,31?/m1/s1. The molecule has 4 atom stereocenters. The van der Waals surface area contributed by atoms with Gasteiger partial charge in [0.25, 0.3) is 5.56 Å². The molecule has 15 heteroatoms. The van der Waals surface area contributed by atoms with Crippen molar-refractivity contribution in [1.82, 2.24) is 14.6 Å². The van der Waals surface area contributed by atoms with E-state index in [1.165, 1.54) is 19.2 Å². The van der Waals surface area contributed by atoms with Gasteiger partial charge >= 0.3 is 13.4 Å². The van der Waals surface area contributed by atoms with Crippen LogP contribution in [0.5, 0.6) is 5.75 Å². The maximum atomic E-state index is 13.6. The smallest absolute Gasteiger partial charge is 0.413 e. The average Bonchev–Trinajstić information content (AvgIpc) is 3.14. The summed E-state index contributed by atoms with van der Waals surface area (Å²) in [5.74, 6) is -0.951. The Hall–Kier alpha value is -2.66. The summed E-state index contributed by atoms with van der Waals surface area (Å²) in [6.07, 6.45) is -1.29. The second kappa shape index (κ2) is 9.65. The summed E-state index contributed by atoms with van der Waals surface area (Å²) in [6.45, 7) is -0.341. The fourth-order valence-corrected chi connectivity index (χ4v) is 3.98. The van der Waals surface area contributed by atoms with Crippen molar-refractivity contribution in [2.45, 2.75) is 24.8 Å². The molecule has 2 aromatic rings. The number of benzene rings is 1. The van der Waals surface area contributed by atoms with E-state index in [-0.39, 0.29) is 18.8 Å². The Labute approximate surface area is 179 Å². The highest BCUT2D eigenvalue weighted by Crippen LogP contribution is 2.45. The van der Waals surface area contributed by atoms with Crippen LogP contribution in [0.15, 0.2) is 45.2 Å². The van der Waals surface area contributed by atoms with Gasteiger partial charge in [-0.25, -0.2) is 14.4 Å². The zero-order valence-electron chi connectivity index (χ0n) is 16.0. The summed E-state index contributed by atoms with van der Waals surface area (Å²) in [5, 5.41) is 6.51. The van der Waals surface area contributed by atoms with Gasteiger partial charge in [0.05, 0.1) is 24.9 Å². The summed E-state index contributed by atoms with van der Waals surface area (Å²) in [5.41, 5.74) is 6.75. The third-order valence-electron chi connectivity index (χ3n) is 4.36. The number of nitrogens with one attached hydrogen (secondary N) is 2. The van der Waals surface area contributed by atoms with Crippen molar-refractivity contribution in [2.24, 2.45) is 5.11 Å². The van der Waals surface area contributed by atoms with Gasteiger partial charge in [0.1, 0.15) is 12.0 Å². The molecule has 2 N–H and O–H groups in total. The van der Waals surface area contributed by atoms with E-state index < -0.39 is 43.2 Å². The van der Waals surface area contributed by atoms with E-state index in [0.717, 1.165) is 4.57 Å². The predicted octanol–water partition coefficient (Wildman–Crippen LogP) is 2.72. The van der Waals surface area contributed by atoms with Gasteiger partial charge in [-0.1, -0.05) is 16.7 Å². The van der Waals surface area contributed by atoms with Crippen LogP contribution in [-0.2, 0) is 13.8 Å². The van der Waals surface area contributed by atoms with Crippen LogP contribution in [0.4, 0.5) is 4.39 Å². The molecule has 2 heterocycles. The Morgan fingerprint density at radius 1 is 1.45 bits per heavy atom. The zero-order valence-corrected chi connectivity index (χ0v) is 17.6. The summed E-state index contributed by atoms with van der Waals surface area (Å²) in [6, 6.07) is 5.26. The molecule has 0 saturated carbocycles. The summed E-state index contributed by atoms with van der Waals surface area (Å²) < 4.78 is 43.7. The highest BCUT2D eigenvalue weighted by molar-refractivity contribution is 7.52. The van der Waals surface area contributed by atoms with Crippen molar-refractivity contribution in [3.8, 4) is 5.75 Å².